The first-order chi connectivity index (χ1) is 10.2. The molecule has 0 bridgehead atoms. The van der Waals surface area contributed by atoms with Crippen molar-refractivity contribution in [3.05, 3.63) is 46.3 Å². The molecule has 0 spiro atoms. The van der Waals surface area contributed by atoms with Gasteiger partial charge in [-0.15, -0.1) is 0 Å². The number of ether oxygens (including phenoxy) is 1. The average Bonchev–Trinajstić information content (AvgIpc) is 2.95. The molecular weight excluding hydrogens is 268 g/mol. The van der Waals surface area contributed by atoms with Gasteiger partial charge in [0.1, 0.15) is 6.73 Å². The van der Waals surface area contributed by atoms with Gasteiger partial charge in [-0.3, -0.25) is 4.79 Å². The first-order valence-corrected chi connectivity index (χ1v) is 7.15. The van der Waals surface area contributed by atoms with Crippen LogP contribution in [0.15, 0.2) is 35.4 Å². The quantitative estimate of drug-likeness (QED) is 0.458. The van der Waals surface area contributed by atoms with Gasteiger partial charge in [0.2, 0.25) is 5.91 Å². The average molecular weight is 288 g/mol. The van der Waals surface area contributed by atoms with Crippen molar-refractivity contribution in [3.8, 4) is 0 Å². The van der Waals surface area contributed by atoms with E-state index in [0.717, 1.165) is 6.42 Å². The highest BCUT2D eigenvalue weighted by Gasteiger charge is 2.31. The molecule has 0 saturated carbocycles. The number of amides is 1. The lowest BCUT2D eigenvalue weighted by molar-refractivity contribution is -0.137. The molecule has 6 nitrogen and oxygen atoms in total. The molecule has 1 amide bonds. The highest BCUT2D eigenvalue weighted by molar-refractivity contribution is 5.79. The van der Waals surface area contributed by atoms with Gasteiger partial charge in [-0.1, -0.05) is 42.4 Å². The number of azide groups is 1. The molecule has 1 aliphatic rings. The molecule has 1 saturated heterocycles. The second-order valence-corrected chi connectivity index (χ2v) is 5.30. The van der Waals surface area contributed by atoms with Gasteiger partial charge in [-0.05, 0) is 23.9 Å². The number of nitrogens with zero attached hydrogens (tertiary/aromatic N) is 4. The Labute approximate surface area is 124 Å². The van der Waals surface area contributed by atoms with E-state index in [-0.39, 0.29) is 17.9 Å². The van der Waals surface area contributed by atoms with Crippen LogP contribution in [0.2, 0.25) is 0 Å². The normalized spacial score (nSPS) is 19.1. The van der Waals surface area contributed by atoms with Crippen molar-refractivity contribution in [2.24, 2.45) is 11.0 Å². The van der Waals surface area contributed by atoms with Crippen molar-refractivity contribution < 1.29 is 9.53 Å². The SMILES string of the molecule is C[C@H](CCN=[N+]=[N-])C(=O)N1COC[C@H]1Cc1ccccc1. The number of hydrogen-bond donors (Lipinski definition) is 0. The van der Waals surface area contributed by atoms with Gasteiger partial charge in [-0.2, -0.15) is 0 Å². The first kappa shape index (κ1) is 15.4. The van der Waals surface area contributed by atoms with Gasteiger partial charge < -0.3 is 9.64 Å². The third-order valence-corrected chi connectivity index (χ3v) is 3.73. The molecule has 1 heterocycles. The Morgan fingerprint density at radius 3 is 3.00 bits per heavy atom. The van der Waals surface area contributed by atoms with Gasteiger partial charge in [0, 0.05) is 17.4 Å². The largest absolute Gasteiger partial charge is 0.359 e. The fourth-order valence-corrected chi connectivity index (χ4v) is 2.48. The lowest BCUT2D eigenvalue weighted by Crippen LogP contribution is -2.41. The molecule has 1 aromatic rings. The smallest absolute Gasteiger partial charge is 0.227 e. The van der Waals surface area contributed by atoms with Crippen molar-refractivity contribution in [2.75, 3.05) is 19.9 Å². The van der Waals surface area contributed by atoms with E-state index < -0.39 is 0 Å². The summed E-state index contributed by atoms with van der Waals surface area (Å²) in [6.45, 7) is 3.14. The van der Waals surface area contributed by atoms with E-state index >= 15 is 0 Å². The zero-order valence-electron chi connectivity index (χ0n) is 12.2. The monoisotopic (exact) mass is 288 g/mol. The van der Waals surface area contributed by atoms with Crippen molar-refractivity contribution in [1.82, 2.24) is 4.90 Å². The van der Waals surface area contributed by atoms with Gasteiger partial charge in [0.15, 0.2) is 0 Å². The molecule has 0 unspecified atom stereocenters. The lowest BCUT2D eigenvalue weighted by Gasteiger charge is -2.25. The van der Waals surface area contributed by atoms with Crippen LogP contribution in [0.1, 0.15) is 18.9 Å². The van der Waals surface area contributed by atoms with E-state index in [0.29, 0.717) is 26.3 Å². The van der Waals surface area contributed by atoms with Crippen molar-refractivity contribution >= 4 is 5.91 Å². The topological polar surface area (TPSA) is 78.3 Å². The minimum Gasteiger partial charge on any atom is -0.359 e. The summed E-state index contributed by atoms with van der Waals surface area (Å²) in [5.74, 6) is -0.0861. The molecule has 112 valence electrons. The predicted octanol–water partition coefficient (Wildman–Crippen LogP) is 2.75. The molecule has 0 aliphatic carbocycles. The zero-order chi connectivity index (χ0) is 15.1. The third kappa shape index (κ3) is 4.21. The molecule has 21 heavy (non-hydrogen) atoms. The van der Waals surface area contributed by atoms with Crippen molar-refractivity contribution in [3.63, 3.8) is 0 Å². The summed E-state index contributed by atoms with van der Waals surface area (Å²) in [6, 6.07) is 10.2. The second kappa shape index (κ2) is 7.67. The summed E-state index contributed by atoms with van der Waals surface area (Å²) < 4.78 is 5.46. The Morgan fingerprint density at radius 2 is 2.29 bits per heavy atom. The van der Waals surface area contributed by atoms with Crippen LogP contribution in [0.5, 0.6) is 0 Å². The van der Waals surface area contributed by atoms with Gasteiger partial charge in [0.05, 0.1) is 12.6 Å². The van der Waals surface area contributed by atoms with Crippen LogP contribution in [-0.4, -0.2) is 36.7 Å². The number of rotatable bonds is 6. The molecule has 1 aliphatic heterocycles. The molecule has 0 aromatic heterocycles. The molecule has 0 radical (unpaired) electrons. The fraction of sp³-hybridized carbons (Fsp3) is 0.533. The van der Waals surface area contributed by atoms with Crippen LogP contribution in [0.3, 0.4) is 0 Å². The summed E-state index contributed by atoms with van der Waals surface area (Å²) in [6.07, 6.45) is 1.37. The van der Waals surface area contributed by atoms with E-state index in [9.17, 15) is 4.79 Å². The van der Waals surface area contributed by atoms with Gasteiger partial charge >= 0.3 is 0 Å². The summed E-state index contributed by atoms with van der Waals surface area (Å²) in [4.78, 5) is 17.0. The first-order valence-electron chi connectivity index (χ1n) is 7.15. The number of hydrogen-bond acceptors (Lipinski definition) is 3. The van der Waals surface area contributed by atoms with Crippen LogP contribution in [0.25, 0.3) is 10.4 Å². The van der Waals surface area contributed by atoms with Crippen LogP contribution in [0.4, 0.5) is 0 Å². The van der Waals surface area contributed by atoms with Crippen LogP contribution >= 0.6 is 0 Å². The molecular formula is C15H20N4O2. The number of carbonyl (C=O) groups excluding carboxylic acids is 1. The molecule has 2 rings (SSSR count). The Balaban J connectivity index is 1.94. The maximum Gasteiger partial charge on any atom is 0.227 e. The molecule has 0 N–H and O–H groups in total. The maximum absolute atomic E-state index is 12.5. The van der Waals surface area contributed by atoms with Crippen LogP contribution in [-0.2, 0) is 16.0 Å². The van der Waals surface area contributed by atoms with E-state index in [4.69, 9.17) is 10.3 Å². The van der Waals surface area contributed by atoms with Crippen LogP contribution < -0.4 is 0 Å². The summed E-state index contributed by atoms with van der Waals surface area (Å²) in [5, 5.41) is 3.49. The highest BCUT2D eigenvalue weighted by Crippen LogP contribution is 2.19. The summed E-state index contributed by atoms with van der Waals surface area (Å²) >= 11 is 0. The highest BCUT2D eigenvalue weighted by atomic mass is 16.5. The molecule has 1 fully saturated rings. The fourth-order valence-electron chi connectivity index (χ4n) is 2.48. The van der Waals surface area contributed by atoms with E-state index in [1.165, 1.54) is 5.56 Å². The summed E-state index contributed by atoms with van der Waals surface area (Å²) in [7, 11) is 0. The van der Waals surface area contributed by atoms with E-state index in [1.807, 2.05) is 25.1 Å². The number of benzene rings is 1. The minimum atomic E-state index is -0.157. The maximum atomic E-state index is 12.5. The Hall–Kier alpha value is -2.04. The standard InChI is InChI=1S/C15H20N4O2/c1-12(7-8-17-18-16)15(20)19-11-21-10-14(19)9-13-5-3-2-4-6-13/h2-6,12,14H,7-11H2,1H3/t12-,14-/m1/s1. The molecule has 1 aromatic carbocycles. The Kier molecular flexibility index (Phi) is 5.60. The van der Waals surface area contributed by atoms with Gasteiger partial charge in [0.25, 0.3) is 0 Å². The molecule has 6 heteroatoms. The van der Waals surface area contributed by atoms with Crippen molar-refractivity contribution in [1.29, 1.82) is 0 Å². The minimum absolute atomic E-state index is 0.0709. The number of carbonyl (C=O) groups is 1. The second-order valence-electron chi connectivity index (χ2n) is 5.30. The Morgan fingerprint density at radius 1 is 1.52 bits per heavy atom. The lowest BCUT2D eigenvalue weighted by atomic mass is 10.0. The molecule has 2 atom stereocenters. The van der Waals surface area contributed by atoms with E-state index in [1.54, 1.807) is 4.90 Å². The van der Waals surface area contributed by atoms with Crippen molar-refractivity contribution in [2.45, 2.75) is 25.8 Å². The summed E-state index contributed by atoms with van der Waals surface area (Å²) in [5.41, 5.74) is 9.48. The van der Waals surface area contributed by atoms with Gasteiger partial charge in [-0.25, -0.2) is 0 Å². The Bertz CT molecular complexity index is 514. The zero-order valence-corrected chi connectivity index (χ0v) is 12.2. The van der Waals surface area contributed by atoms with Crippen LogP contribution in [0, 0.1) is 5.92 Å². The third-order valence-electron chi connectivity index (χ3n) is 3.73. The predicted molar refractivity (Wildman–Crippen MR) is 79.4 cm³/mol. The van der Waals surface area contributed by atoms with E-state index in [2.05, 4.69) is 22.2 Å².